The molecule has 1 N–H and O–H groups in total. The number of carbonyl (C=O) groups excluding carboxylic acids is 2. The molecule has 6 nitrogen and oxygen atoms in total. The Hall–Kier alpha value is -2.73. The van der Waals surface area contributed by atoms with Crippen molar-refractivity contribution >= 4 is 23.4 Å². The molecule has 0 aliphatic rings. The predicted molar refractivity (Wildman–Crippen MR) is 141 cm³/mol. The maximum atomic E-state index is 13.5. The van der Waals surface area contributed by atoms with Gasteiger partial charge in [0.1, 0.15) is 6.04 Å². The number of hydrogen-bond acceptors (Lipinski definition) is 4. The number of ether oxygens (including phenoxy) is 2. The molecule has 2 aromatic carbocycles. The van der Waals surface area contributed by atoms with E-state index < -0.39 is 6.04 Å². The predicted octanol–water partition coefficient (Wildman–Crippen LogP) is 5.79. The zero-order chi connectivity index (χ0) is 25.8. The highest BCUT2D eigenvalue weighted by atomic mass is 35.5. The number of aryl methyl sites for hydroxylation is 1. The van der Waals surface area contributed by atoms with Crippen molar-refractivity contribution in [2.75, 3.05) is 13.2 Å². The van der Waals surface area contributed by atoms with Gasteiger partial charge in [-0.15, -0.1) is 0 Å². The van der Waals surface area contributed by atoms with Gasteiger partial charge in [-0.25, -0.2) is 0 Å². The number of nitrogens with zero attached hydrogens (tertiary/aromatic N) is 1. The summed E-state index contributed by atoms with van der Waals surface area (Å²) in [4.78, 5) is 28.3. The van der Waals surface area contributed by atoms with Gasteiger partial charge in [-0.05, 0) is 69.4 Å². The second kappa shape index (κ2) is 14.6. The highest BCUT2D eigenvalue weighted by molar-refractivity contribution is 6.31. The second-order valence-corrected chi connectivity index (χ2v) is 8.91. The summed E-state index contributed by atoms with van der Waals surface area (Å²) in [6.07, 6.45) is 2.11. The van der Waals surface area contributed by atoms with Gasteiger partial charge in [-0.3, -0.25) is 9.59 Å². The number of rotatable bonds is 14. The van der Waals surface area contributed by atoms with Crippen LogP contribution < -0.4 is 14.8 Å². The Kier molecular flexibility index (Phi) is 11.9. The van der Waals surface area contributed by atoms with Crippen LogP contribution in [0.2, 0.25) is 5.02 Å². The molecule has 0 saturated heterocycles. The van der Waals surface area contributed by atoms with Crippen LogP contribution in [0.3, 0.4) is 0 Å². The summed E-state index contributed by atoms with van der Waals surface area (Å²) in [5.41, 5.74) is 1.79. The molecule has 0 heterocycles. The highest BCUT2D eigenvalue weighted by Crippen LogP contribution is 2.29. The van der Waals surface area contributed by atoms with Crippen LogP contribution in [-0.4, -0.2) is 42.0 Å². The molecule has 2 aromatic rings. The Labute approximate surface area is 214 Å². The molecule has 35 heavy (non-hydrogen) atoms. The normalized spacial score (nSPS) is 12.5. The Balaban J connectivity index is 2.25. The molecule has 0 bridgehead atoms. The lowest BCUT2D eigenvalue weighted by Gasteiger charge is -2.32. The molecule has 7 heteroatoms. The molecule has 0 radical (unpaired) electrons. The van der Waals surface area contributed by atoms with E-state index in [1.807, 2.05) is 71.0 Å². The molecule has 0 saturated carbocycles. The molecule has 2 rings (SSSR count). The third-order valence-electron chi connectivity index (χ3n) is 5.92. The van der Waals surface area contributed by atoms with Crippen LogP contribution in [0.1, 0.15) is 65.0 Å². The first-order chi connectivity index (χ1) is 16.8. The van der Waals surface area contributed by atoms with E-state index >= 15 is 0 Å². The summed E-state index contributed by atoms with van der Waals surface area (Å²) in [7, 11) is 0. The third kappa shape index (κ3) is 8.46. The summed E-state index contributed by atoms with van der Waals surface area (Å²) in [6, 6.07) is 12.6. The Morgan fingerprint density at radius 1 is 0.971 bits per heavy atom. The lowest BCUT2D eigenvalue weighted by atomic mass is 10.1. The van der Waals surface area contributed by atoms with Crippen molar-refractivity contribution < 1.29 is 19.1 Å². The van der Waals surface area contributed by atoms with Crippen LogP contribution >= 0.6 is 11.6 Å². The van der Waals surface area contributed by atoms with Gasteiger partial charge >= 0.3 is 0 Å². The number of carbonyl (C=O) groups is 2. The second-order valence-electron chi connectivity index (χ2n) is 8.50. The fourth-order valence-electron chi connectivity index (χ4n) is 3.82. The van der Waals surface area contributed by atoms with E-state index in [4.69, 9.17) is 21.1 Å². The molecule has 0 fully saturated rings. The summed E-state index contributed by atoms with van der Waals surface area (Å²) in [6.45, 7) is 11.1. The van der Waals surface area contributed by atoms with Gasteiger partial charge in [0.05, 0.1) is 13.2 Å². The minimum atomic E-state index is -0.577. The van der Waals surface area contributed by atoms with Crippen molar-refractivity contribution in [2.24, 2.45) is 0 Å². The summed E-state index contributed by atoms with van der Waals surface area (Å²) in [5, 5.41) is 3.61. The average molecular weight is 503 g/mol. The maximum absolute atomic E-state index is 13.5. The van der Waals surface area contributed by atoms with E-state index in [1.54, 1.807) is 11.0 Å². The van der Waals surface area contributed by atoms with Crippen molar-refractivity contribution in [2.45, 2.75) is 78.9 Å². The van der Waals surface area contributed by atoms with E-state index in [0.29, 0.717) is 42.6 Å². The minimum Gasteiger partial charge on any atom is -0.490 e. The smallest absolute Gasteiger partial charge is 0.243 e. The van der Waals surface area contributed by atoms with Crippen LogP contribution in [0.4, 0.5) is 0 Å². The van der Waals surface area contributed by atoms with Crippen LogP contribution in [0, 0.1) is 0 Å². The molecule has 0 aliphatic carbocycles. The number of nitrogens with one attached hydrogen (secondary N) is 1. The molecular weight excluding hydrogens is 464 g/mol. The van der Waals surface area contributed by atoms with Gasteiger partial charge in [-0.1, -0.05) is 49.7 Å². The van der Waals surface area contributed by atoms with E-state index in [0.717, 1.165) is 17.5 Å². The third-order valence-corrected chi connectivity index (χ3v) is 6.29. The molecule has 192 valence electrons. The quantitative estimate of drug-likeness (QED) is 0.355. The van der Waals surface area contributed by atoms with E-state index in [-0.39, 0.29) is 30.8 Å². The van der Waals surface area contributed by atoms with E-state index in [1.165, 1.54) is 0 Å². The van der Waals surface area contributed by atoms with Crippen molar-refractivity contribution in [3.8, 4) is 11.5 Å². The molecule has 0 spiro atoms. The SMILES string of the molecule is CCOc1ccc(CCC(=O)N(Cc2ccccc2Cl)C(CC)C(=O)NC(C)CC)cc1OCC. The minimum absolute atomic E-state index is 0.0367. The largest absolute Gasteiger partial charge is 0.490 e. The molecule has 0 aliphatic heterocycles. The number of amides is 2. The molecule has 2 unspecified atom stereocenters. The van der Waals surface area contributed by atoms with Gasteiger partial charge in [0.2, 0.25) is 11.8 Å². The first-order valence-corrected chi connectivity index (χ1v) is 12.9. The number of benzene rings is 2. The van der Waals surface area contributed by atoms with Gasteiger partial charge in [0, 0.05) is 24.0 Å². The maximum Gasteiger partial charge on any atom is 0.243 e. The van der Waals surface area contributed by atoms with Crippen molar-refractivity contribution in [3.63, 3.8) is 0 Å². The zero-order valence-electron chi connectivity index (χ0n) is 21.6. The summed E-state index contributed by atoms with van der Waals surface area (Å²) in [5.74, 6) is 1.13. The van der Waals surface area contributed by atoms with Crippen molar-refractivity contribution in [1.29, 1.82) is 0 Å². The molecule has 0 aromatic heterocycles. The monoisotopic (exact) mass is 502 g/mol. The Morgan fingerprint density at radius 3 is 2.29 bits per heavy atom. The Bertz CT molecular complexity index is 966. The fourth-order valence-corrected chi connectivity index (χ4v) is 4.01. The van der Waals surface area contributed by atoms with Crippen LogP contribution in [0.5, 0.6) is 11.5 Å². The molecule has 2 amide bonds. The number of hydrogen-bond donors (Lipinski definition) is 1. The lowest BCUT2D eigenvalue weighted by molar-refractivity contribution is -0.141. The Morgan fingerprint density at radius 2 is 1.66 bits per heavy atom. The molecular formula is C28H39ClN2O4. The van der Waals surface area contributed by atoms with E-state index in [2.05, 4.69) is 5.32 Å². The van der Waals surface area contributed by atoms with Crippen molar-refractivity contribution in [3.05, 3.63) is 58.6 Å². The standard InChI is InChI=1S/C28H39ClN2O4/c1-6-20(5)30-28(33)24(7-2)31(19-22-12-10-11-13-23(22)29)27(32)17-15-21-14-16-25(34-8-3)26(18-21)35-9-4/h10-14,16,18,20,24H,6-9,15,17,19H2,1-5H3,(H,30,33). The van der Waals surface area contributed by atoms with Gasteiger partial charge in [0.25, 0.3) is 0 Å². The van der Waals surface area contributed by atoms with Crippen LogP contribution in [-0.2, 0) is 22.6 Å². The highest BCUT2D eigenvalue weighted by Gasteiger charge is 2.29. The average Bonchev–Trinajstić information content (AvgIpc) is 2.85. The van der Waals surface area contributed by atoms with Crippen molar-refractivity contribution in [1.82, 2.24) is 10.2 Å². The first-order valence-electron chi connectivity index (χ1n) is 12.6. The van der Waals surface area contributed by atoms with Gasteiger partial charge in [0.15, 0.2) is 11.5 Å². The summed E-state index contributed by atoms with van der Waals surface area (Å²) < 4.78 is 11.4. The molecule has 2 atom stereocenters. The lowest BCUT2D eigenvalue weighted by Crippen LogP contribution is -2.50. The van der Waals surface area contributed by atoms with Crippen LogP contribution in [0.15, 0.2) is 42.5 Å². The topological polar surface area (TPSA) is 67.9 Å². The number of halogens is 1. The first kappa shape index (κ1) is 28.5. The summed E-state index contributed by atoms with van der Waals surface area (Å²) >= 11 is 6.40. The van der Waals surface area contributed by atoms with Gasteiger partial charge < -0.3 is 19.7 Å². The van der Waals surface area contributed by atoms with Crippen LogP contribution in [0.25, 0.3) is 0 Å². The van der Waals surface area contributed by atoms with E-state index in [9.17, 15) is 9.59 Å². The zero-order valence-corrected chi connectivity index (χ0v) is 22.4. The van der Waals surface area contributed by atoms with Gasteiger partial charge in [-0.2, -0.15) is 0 Å². The fraction of sp³-hybridized carbons (Fsp3) is 0.500.